The maximum absolute atomic E-state index is 12.7. The van der Waals surface area contributed by atoms with Crippen molar-refractivity contribution in [3.8, 4) is 6.07 Å². The molecule has 7 heteroatoms. The molecule has 0 saturated carbocycles. The van der Waals surface area contributed by atoms with E-state index < -0.39 is 0 Å². The maximum atomic E-state index is 12.7. The number of morpholine rings is 1. The highest BCUT2D eigenvalue weighted by Crippen LogP contribution is 2.22. The Bertz CT molecular complexity index is 501. The van der Waals surface area contributed by atoms with Gasteiger partial charge in [0, 0.05) is 32.6 Å². The molecule has 2 saturated heterocycles. The summed E-state index contributed by atoms with van der Waals surface area (Å²) >= 11 is 0. The van der Waals surface area contributed by atoms with Crippen LogP contribution < -0.4 is 0 Å². The number of piperidine rings is 1. The molecular weight excluding hydrogens is 320 g/mol. The maximum Gasteiger partial charge on any atom is 0.236 e. The number of nitriles is 1. The van der Waals surface area contributed by atoms with Crippen molar-refractivity contribution in [3.05, 3.63) is 0 Å². The van der Waals surface area contributed by atoms with E-state index in [-0.39, 0.29) is 29.9 Å². The van der Waals surface area contributed by atoms with Crippen molar-refractivity contribution in [2.75, 3.05) is 46.3 Å². The van der Waals surface area contributed by atoms with Gasteiger partial charge in [-0.15, -0.1) is 0 Å². The Balaban J connectivity index is 1.76. The SMILES string of the molecule is CC1CN(C(=O)C2CCN(CC(=O)N(C)CCC#N)CC2)CC(C)O1. The number of amides is 2. The Morgan fingerprint density at radius 3 is 2.36 bits per heavy atom. The summed E-state index contributed by atoms with van der Waals surface area (Å²) in [6, 6.07) is 2.05. The second kappa shape index (κ2) is 9.16. The van der Waals surface area contributed by atoms with Crippen LogP contribution in [0.1, 0.15) is 33.1 Å². The van der Waals surface area contributed by atoms with Crippen LogP contribution >= 0.6 is 0 Å². The van der Waals surface area contributed by atoms with Crippen LogP contribution in [0.4, 0.5) is 0 Å². The Morgan fingerprint density at radius 2 is 1.80 bits per heavy atom. The van der Waals surface area contributed by atoms with Crippen molar-refractivity contribution in [1.29, 1.82) is 5.26 Å². The van der Waals surface area contributed by atoms with E-state index >= 15 is 0 Å². The summed E-state index contributed by atoms with van der Waals surface area (Å²) in [7, 11) is 1.73. The normalized spacial score (nSPS) is 25.4. The summed E-state index contributed by atoms with van der Waals surface area (Å²) in [6.45, 7) is 7.73. The monoisotopic (exact) mass is 350 g/mol. The quantitative estimate of drug-likeness (QED) is 0.730. The number of hydrogen-bond acceptors (Lipinski definition) is 5. The largest absolute Gasteiger partial charge is 0.372 e. The molecule has 2 unspecified atom stereocenters. The van der Waals surface area contributed by atoms with Crippen molar-refractivity contribution >= 4 is 11.8 Å². The van der Waals surface area contributed by atoms with E-state index in [0.29, 0.717) is 32.6 Å². The number of nitrogens with zero attached hydrogens (tertiary/aromatic N) is 4. The highest BCUT2D eigenvalue weighted by Gasteiger charge is 2.33. The minimum absolute atomic E-state index is 0.0378. The zero-order valence-corrected chi connectivity index (χ0v) is 15.6. The second-order valence-corrected chi connectivity index (χ2v) is 7.27. The number of ether oxygens (including phenoxy) is 1. The van der Waals surface area contributed by atoms with Crippen molar-refractivity contribution < 1.29 is 14.3 Å². The standard InChI is InChI=1S/C18H30N4O3/c1-14-11-22(12-15(2)25-14)18(24)16-5-9-21(10-6-16)13-17(23)20(3)8-4-7-19/h14-16H,4-6,8-13H2,1-3H3. The van der Waals surface area contributed by atoms with Gasteiger partial charge >= 0.3 is 0 Å². The van der Waals surface area contributed by atoms with Crippen molar-refractivity contribution in [2.45, 2.75) is 45.3 Å². The Labute approximate surface area is 150 Å². The Kier molecular flexibility index (Phi) is 7.21. The van der Waals surface area contributed by atoms with Crippen LogP contribution in [-0.2, 0) is 14.3 Å². The van der Waals surface area contributed by atoms with E-state index in [0.717, 1.165) is 25.9 Å². The molecule has 0 N–H and O–H groups in total. The van der Waals surface area contributed by atoms with Gasteiger partial charge in [-0.2, -0.15) is 5.26 Å². The molecule has 7 nitrogen and oxygen atoms in total. The molecule has 2 amide bonds. The number of rotatable bonds is 5. The molecule has 2 aliphatic rings. The van der Waals surface area contributed by atoms with Gasteiger partial charge < -0.3 is 14.5 Å². The summed E-state index contributed by atoms with van der Waals surface area (Å²) in [5, 5.41) is 8.60. The van der Waals surface area contributed by atoms with E-state index in [1.807, 2.05) is 18.7 Å². The van der Waals surface area contributed by atoms with Crippen LogP contribution in [0.5, 0.6) is 0 Å². The van der Waals surface area contributed by atoms with Crippen LogP contribution in [0, 0.1) is 17.2 Å². The first-order chi connectivity index (χ1) is 11.9. The summed E-state index contributed by atoms with van der Waals surface area (Å²) in [4.78, 5) is 30.5. The minimum Gasteiger partial charge on any atom is -0.372 e. The first-order valence-electron chi connectivity index (χ1n) is 9.18. The number of carbonyl (C=O) groups is 2. The lowest BCUT2D eigenvalue weighted by molar-refractivity contribution is -0.149. The molecule has 2 rings (SSSR count). The fourth-order valence-corrected chi connectivity index (χ4v) is 3.61. The molecule has 140 valence electrons. The molecule has 0 spiro atoms. The van der Waals surface area contributed by atoms with Gasteiger partial charge in [0.25, 0.3) is 0 Å². The first-order valence-corrected chi connectivity index (χ1v) is 9.18. The van der Waals surface area contributed by atoms with Gasteiger partial charge in [-0.3, -0.25) is 14.5 Å². The average Bonchev–Trinajstić information content (AvgIpc) is 2.58. The van der Waals surface area contributed by atoms with E-state index in [1.54, 1.807) is 11.9 Å². The summed E-state index contributed by atoms with van der Waals surface area (Å²) in [6.07, 6.45) is 2.14. The minimum atomic E-state index is 0.0378. The molecule has 2 aliphatic heterocycles. The molecule has 2 atom stereocenters. The van der Waals surface area contributed by atoms with Gasteiger partial charge in [0.15, 0.2) is 0 Å². The molecule has 0 aromatic carbocycles. The van der Waals surface area contributed by atoms with Crippen molar-refractivity contribution in [2.24, 2.45) is 5.92 Å². The molecule has 2 fully saturated rings. The predicted octanol–water partition coefficient (Wildman–Crippen LogP) is 0.706. The Hall–Kier alpha value is -1.65. The molecular formula is C18H30N4O3. The molecule has 25 heavy (non-hydrogen) atoms. The predicted molar refractivity (Wildman–Crippen MR) is 93.6 cm³/mol. The van der Waals surface area contributed by atoms with Crippen LogP contribution in [-0.4, -0.2) is 85.0 Å². The van der Waals surface area contributed by atoms with Gasteiger partial charge in [-0.1, -0.05) is 0 Å². The van der Waals surface area contributed by atoms with Crippen LogP contribution in [0.15, 0.2) is 0 Å². The van der Waals surface area contributed by atoms with E-state index in [4.69, 9.17) is 10.00 Å². The zero-order chi connectivity index (χ0) is 18.4. The van der Waals surface area contributed by atoms with Gasteiger partial charge in [0.2, 0.25) is 11.8 Å². The molecule has 2 heterocycles. The van der Waals surface area contributed by atoms with Crippen LogP contribution in [0.2, 0.25) is 0 Å². The second-order valence-electron chi connectivity index (χ2n) is 7.27. The third-order valence-electron chi connectivity index (χ3n) is 5.01. The topological polar surface area (TPSA) is 76.9 Å². The molecule has 0 radical (unpaired) electrons. The van der Waals surface area contributed by atoms with Gasteiger partial charge in [0.1, 0.15) is 0 Å². The molecule has 0 aromatic rings. The number of carbonyl (C=O) groups excluding carboxylic acids is 2. The van der Waals surface area contributed by atoms with Crippen LogP contribution in [0.3, 0.4) is 0 Å². The van der Waals surface area contributed by atoms with Gasteiger partial charge in [0.05, 0.1) is 31.2 Å². The highest BCUT2D eigenvalue weighted by molar-refractivity contribution is 5.79. The third-order valence-corrected chi connectivity index (χ3v) is 5.01. The van der Waals surface area contributed by atoms with E-state index in [9.17, 15) is 9.59 Å². The lowest BCUT2D eigenvalue weighted by Crippen LogP contribution is -2.52. The van der Waals surface area contributed by atoms with E-state index in [2.05, 4.69) is 11.0 Å². The number of likely N-dealkylation sites (N-methyl/N-ethyl adjacent to an activating group) is 1. The summed E-state index contributed by atoms with van der Waals surface area (Å²) < 4.78 is 5.70. The molecule has 0 aliphatic carbocycles. The van der Waals surface area contributed by atoms with E-state index in [1.165, 1.54) is 0 Å². The average molecular weight is 350 g/mol. The zero-order valence-electron chi connectivity index (χ0n) is 15.6. The van der Waals surface area contributed by atoms with Crippen LogP contribution in [0.25, 0.3) is 0 Å². The fraction of sp³-hybridized carbons (Fsp3) is 0.833. The van der Waals surface area contributed by atoms with Gasteiger partial charge in [-0.05, 0) is 39.8 Å². The molecule has 0 aromatic heterocycles. The number of likely N-dealkylation sites (tertiary alicyclic amines) is 1. The number of hydrogen-bond donors (Lipinski definition) is 0. The lowest BCUT2D eigenvalue weighted by atomic mass is 9.94. The van der Waals surface area contributed by atoms with Crippen molar-refractivity contribution in [1.82, 2.24) is 14.7 Å². The highest BCUT2D eigenvalue weighted by atomic mass is 16.5. The van der Waals surface area contributed by atoms with Crippen molar-refractivity contribution in [3.63, 3.8) is 0 Å². The summed E-state index contributed by atoms with van der Waals surface area (Å²) in [5.74, 6) is 0.329. The third kappa shape index (κ3) is 5.68. The Morgan fingerprint density at radius 1 is 1.20 bits per heavy atom. The first kappa shape index (κ1) is 19.7. The lowest BCUT2D eigenvalue weighted by Gasteiger charge is -2.39. The molecule has 0 bridgehead atoms. The fourth-order valence-electron chi connectivity index (χ4n) is 3.61. The smallest absolute Gasteiger partial charge is 0.236 e. The van der Waals surface area contributed by atoms with Gasteiger partial charge in [-0.25, -0.2) is 0 Å². The summed E-state index contributed by atoms with van der Waals surface area (Å²) in [5.41, 5.74) is 0.